The maximum Gasteiger partial charge on any atom is 0.401 e. The number of carbonyl (C=O) groups is 2. The number of carbonyl (C=O) groups excluding carboxylic acids is 1. The van der Waals surface area contributed by atoms with Crippen LogP contribution in [0.1, 0.15) is 10.4 Å². The number of carboxylic acid groups (broad SMARTS) is 1. The lowest BCUT2D eigenvalue weighted by atomic mass is 10.2. The van der Waals surface area contributed by atoms with Crippen molar-refractivity contribution in [2.45, 2.75) is 6.18 Å². The highest BCUT2D eigenvalue weighted by molar-refractivity contribution is 5.93. The zero-order valence-electron chi connectivity index (χ0n) is 9.92. The van der Waals surface area contributed by atoms with Crippen LogP contribution in [0.3, 0.4) is 0 Å². The Labute approximate surface area is 110 Å². The monoisotopic (exact) mass is 294 g/mol. The molecule has 1 amide bonds. The Hall–Kier alpha value is -2.16. The van der Waals surface area contributed by atoms with E-state index >= 15 is 0 Å². The van der Waals surface area contributed by atoms with E-state index in [0.29, 0.717) is 6.07 Å². The smallest absolute Gasteiger partial charge is 0.401 e. The number of alkyl halides is 3. The quantitative estimate of drug-likeness (QED) is 0.721. The first-order chi connectivity index (χ1) is 9.19. The highest BCUT2D eigenvalue weighted by atomic mass is 19.4. The Balaban J connectivity index is 2.56. The summed E-state index contributed by atoms with van der Waals surface area (Å²) in [6, 6.07) is 2.77. The number of benzene rings is 1. The average Bonchev–Trinajstić information content (AvgIpc) is 2.29. The molecule has 0 aromatic heterocycles. The van der Waals surface area contributed by atoms with Crippen LogP contribution in [0.5, 0.6) is 0 Å². The molecule has 0 spiro atoms. The summed E-state index contributed by atoms with van der Waals surface area (Å²) in [7, 11) is 0. The Morgan fingerprint density at radius 3 is 2.40 bits per heavy atom. The molecule has 20 heavy (non-hydrogen) atoms. The molecule has 1 aromatic carbocycles. The molecule has 0 radical (unpaired) electrons. The maximum atomic E-state index is 13.4. The molecule has 1 aromatic rings. The zero-order chi connectivity index (χ0) is 15.3. The molecule has 0 fully saturated rings. The summed E-state index contributed by atoms with van der Waals surface area (Å²) in [5.41, 5.74) is -0.621. The van der Waals surface area contributed by atoms with Gasteiger partial charge in [0.05, 0.1) is 24.3 Å². The first-order valence-electron chi connectivity index (χ1n) is 5.29. The topological polar surface area (TPSA) is 78.4 Å². The third-order valence-corrected chi connectivity index (χ3v) is 2.10. The Bertz CT molecular complexity index is 517. The maximum absolute atomic E-state index is 13.4. The third-order valence-electron chi connectivity index (χ3n) is 2.10. The summed E-state index contributed by atoms with van der Waals surface area (Å²) < 4.78 is 48.8. The van der Waals surface area contributed by atoms with Crippen molar-refractivity contribution < 1.29 is 32.3 Å². The lowest BCUT2D eigenvalue weighted by Gasteiger charge is -2.09. The van der Waals surface area contributed by atoms with Crippen LogP contribution in [-0.4, -0.2) is 36.2 Å². The lowest BCUT2D eigenvalue weighted by Crippen LogP contribution is -2.35. The van der Waals surface area contributed by atoms with E-state index in [1.807, 2.05) is 10.6 Å². The van der Waals surface area contributed by atoms with Gasteiger partial charge in [0.2, 0.25) is 5.91 Å². The number of hydrogen-bond acceptors (Lipinski definition) is 3. The van der Waals surface area contributed by atoms with Crippen molar-refractivity contribution in [2.75, 3.05) is 18.4 Å². The predicted octanol–water partition coefficient (Wildman–Crippen LogP) is 1.61. The van der Waals surface area contributed by atoms with Crippen LogP contribution < -0.4 is 10.6 Å². The molecule has 0 atom stereocenters. The van der Waals surface area contributed by atoms with Gasteiger partial charge in [-0.3, -0.25) is 4.79 Å². The van der Waals surface area contributed by atoms with Crippen LogP contribution in [-0.2, 0) is 4.79 Å². The predicted molar refractivity (Wildman–Crippen MR) is 60.9 cm³/mol. The number of hydrogen-bond donors (Lipinski definition) is 3. The van der Waals surface area contributed by atoms with E-state index in [-0.39, 0.29) is 11.3 Å². The van der Waals surface area contributed by atoms with Crippen molar-refractivity contribution in [3.63, 3.8) is 0 Å². The van der Waals surface area contributed by atoms with Crippen LogP contribution in [0.25, 0.3) is 0 Å². The molecule has 0 aliphatic carbocycles. The van der Waals surface area contributed by atoms with Gasteiger partial charge in [-0.05, 0) is 18.2 Å². The molecule has 9 heteroatoms. The second-order valence-electron chi connectivity index (χ2n) is 3.77. The first kappa shape index (κ1) is 15.9. The second-order valence-corrected chi connectivity index (χ2v) is 3.77. The minimum absolute atomic E-state index is 0.310. The van der Waals surface area contributed by atoms with Gasteiger partial charge in [0.1, 0.15) is 5.82 Å². The fourth-order valence-corrected chi connectivity index (χ4v) is 1.26. The fourth-order valence-electron chi connectivity index (χ4n) is 1.26. The van der Waals surface area contributed by atoms with Crippen LogP contribution >= 0.6 is 0 Å². The highest BCUT2D eigenvalue weighted by Gasteiger charge is 2.26. The first-order valence-corrected chi connectivity index (χ1v) is 5.29. The van der Waals surface area contributed by atoms with Crippen molar-refractivity contribution in [3.8, 4) is 0 Å². The number of carboxylic acids is 1. The third kappa shape index (κ3) is 5.22. The summed E-state index contributed by atoms with van der Waals surface area (Å²) in [5, 5.41) is 12.5. The zero-order valence-corrected chi connectivity index (χ0v) is 9.92. The lowest BCUT2D eigenvalue weighted by molar-refractivity contribution is -0.127. The van der Waals surface area contributed by atoms with Gasteiger partial charge in [0.25, 0.3) is 0 Å². The summed E-state index contributed by atoms with van der Waals surface area (Å²) in [4.78, 5) is 21.8. The van der Waals surface area contributed by atoms with E-state index < -0.39 is 37.0 Å². The van der Waals surface area contributed by atoms with E-state index in [1.165, 1.54) is 0 Å². The molecular formula is C11H10F4N2O3. The van der Waals surface area contributed by atoms with E-state index in [2.05, 4.69) is 0 Å². The summed E-state index contributed by atoms with van der Waals surface area (Å²) in [6.07, 6.45) is -4.45. The van der Waals surface area contributed by atoms with Gasteiger partial charge in [-0.15, -0.1) is 0 Å². The largest absolute Gasteiger partial charge is 0.478 e. The molecule has 0 saturated heterocycles. The molecule has 0 saturated carbocycles. The minimum atomic E-state index is -4.45. The molecule has 0 aliphatic heterocycles. The van der Waals surface area contributed by atoms with Crippen LogP contribution in [0, 0.1) is 5.82 Å². The van der Waals surface area contributed by atoms with Crippen molar-refractivity contribution in [3.05, 3.63) is 29.6 Å². The molecule has 0 aliphatic rings. The number of rotatable bonds is 5. The Kier molecular flexibility index (Phi) is 5.03. The standard InChI is InChI=1S/C11H10F4N2O3/c12-7-3-6(10(19)20)1-2-8(7)17-9(18)4-16-5-11(13,14)15/h1-3,16H,4-5H2,(H,17,18)(H,19,20). The van der Waals surface area contributed by atoms with Crippen molar-refractivity contribution >= 4 is 17.6 Å². The second kappa shape index (κ2) is 6.33. The van der Waals surface area contributed by atoms with Crippen molar-refractivity contribution in [1.82, 2.24) is 5.32 Å². The molecule has 3 N–H and O–H groups in total. The molecule has 0 heterocycles. The minimum Gasteiger partial charge on any atom is -0.478 e. The Morgan fingerprint density at radius 2 is 1.90 bits per heavy atom. The summed E-state index contributed by atoms with van der Waals surface area (Å²) in [5.74, 6) is -3.21. The van der Waals surface area contributed by atoms with Crippen molar-refractivity contribution in [2.24, 2.45) is 0 Å². The van der Waals surface area contributed by atoms with Gasteiger partial charge in [-0.1, -0.05) is 0 Å². The molecule has 0 unspecified atom stereocenters. The Morgan fingerprint density at radius 1 is 1.25 bits per heavy atom. The number of amides is 1. The fraction of sp³-hybridized carbons (Fsp3) is 0.273. The van der Waals surface area contributed by atoms with Crippen LogP contribution in [0.4, 0.5) is 23.2 Å². The van der Waals surface area contributed by atoms with E-state index in [0.717, 1.165) is 12.1 Å². The van der Waals surface area contributed by atoms with E-state index in [4.69, 9.17) is 5.11 Å². The van der Waals surface area contributed by atoms with Gasteiger partial charge in [-0.2, -0.15) is 13.2 Å². The van der Waals surface area contributed by atoms with Crippen LogP contribution in [0.15, 0.2) is 18.2 Å². The number of aromatic carboxylic acids is 1. The van der Waals surface area contributed by atoms with Gasteiger partial charge in [0, 0.05) is 0 Å². The van der Waals surface area contributed by atoms with Gasteiger partial charge in [0.15, 0.2) is 0 Å². The van der Waals surface area contributed by atoms with Gasteiger partial charge < -0.3 is 15.7 Å². The van der Waals surface area contributed by atoms with Crippen molar-refractivity contribution in [1.29, 1.82) is 0 Å². The highest BCUT2D eigenvalue weighted by Crippen LogP contribution is 2.16. The molecule has 1 rings (SSSR count). The van der Waals surface area contributed by atoms with E-state index in [9.17, 15) is 27.2 Å². The number of anilines is 1. The summed E-state index contributed by atoms with van der Waals surface area (Å²) in [6.45, 7) is -2.00. The number of nitrogens with one attached hydrogen (secondary N) is 2. The molecule has 110 valence electrons. The average molecular weight is 294 g/mol. The normalized spacial score (nSPS) is 11.2. The summed E-state index contributed by atoms with van der Waals surface area (Å²) >= 11 is 0. The SMILES string of the molecule is O=C(CNCC(F)(F)F)Nc1ccc(C(=O)O)cc1F. The molecule has 5 nitrogen and oxygen atoms in total. The molecular weight excluding hydrogens is 284 g/mol. The molecule has 0 bridgehead atoms. The van der Waals surface area contributed by atoms with Gasteiger partial charge >= 0.3 is 12.1 Å². The van der Waals surface area contributed by atoms with Gasteiger partial charge in [-0.25, -0.2) is 9.18 Å². The van der Waals surface area contributed by atoms with Crippen LogP contribution in [0.2, 0.25) is 0 Å². The number of halogens is 4. The van der Waals surface area contributed by atoms with E-state index in [1.54, 1.807) is 0 Å².